The van der Waals surface area contributed by atoms with Gasteiger partial charge in [-0.3, -0.25) is 20.6 Å². The Morgan fingerprint density at radius 3 is 2.52 bits per heavy atom. The molecule has 224 valence electrons. The smallest absolute Gasteiger partial charge is 0.319 e. The summed E-state index contributed by atoms with van der Waals surface area (Å²) in [4.78, 5) is 21.2. The number of hydrogen-bond acceptors (Lipinski definition) is 6. The number of anilines is 4. The zero-order chi connectivity index (χ0) is 30.5. The number of amidine groups is 2. The molecule has 0 saturated carbocycles. The number of urea groups is 1. The van der Waals surface area contributed by atoms with Gasteiger partial charge in [0.15, 0.2) is 5.82 Å². The number of hydrogen-bond donors (Lipinski definition) is 5. The highest BCUT2D eigenvalue weighted by atomic mass is 16.2. The molecule has 0 unspecified atom stereocenters. The second-order valence-electron chi connectivity index (χ2n) is 11.3. The molecule has 2 aliphatic heterocycles. The number of aryl methyl sites for hydroxylation is 1. The van der Waals surface area contributed by atoms with Gasteiger partial charge in [-0.1, -0.05) is 67.9 Å². The van der Waals surface area contributed by atoms with E-state index in [-0.39, 0.29) is 23.7 Å². The van der Waals surface area contributed by atoms with Crippen LogP contribution in [0.4, 0.5) is 27.7 Å². The number of carbonyl (C=O) groups is 1. The fourth-order valence-electron chi connectivity index (χ4n) is 5.94. The topological polar surface area (TPSA) is 120 Å². The van der Waals surface area contributed by atoms with Crippen molar-refractivity contribution in [3.05, 3.63) is 113 Å². The van der Waals surface area contributed by atoms with E-state index >= 15 is 0 Å². The van der Waals surface area contributed by atoms with Crippen molar-refractivity contribution in [2.24, 2.45) is 0 Å². The maximum absolute atomic E-state index is 12.7. The van der Waals surface area contributed by atoms with Gasteiger partial charge >= 0.3 is 6.03 Å². The Labute approximate surface area is 258 Å². The fraction of sp³-hybridized carbons (Fsp3) is 0.257. The molecule has 9 heteroatoms. The first-order valence-corrected chi connectivity index (χ1v) is 15.3. The summed E-state index contributed by atoms with van der Waals surface area (Å²) in [5, 5.41) is 27.7. The molecule has 3 aromatic carbocycles. The SMILES string of the molecule is CCCc1ccccc1NC(=O)NC1CCN(Cc2ccc(C(=N)N3C(=N)c4ccccc4Nc4ncccc43)cc2)CC1. The van der Waals surface area contributed by atoms with Gasteiger partial charge in [0.25, 0.3) is 0 Å². The Morgan fingerprint density at radius 1 is 0.977 bits per heavy atom. The van der Waals surface area contributed by atoms with Crippen LogP contribution in [-0.4, -0.2) is 46.7 Å². The Bertz CT molecular complexity index is 1660. The van der Waals surface area contributed by atoms with Gasteiger partial charge in [-0.25, -0.2) is 9.78 Å². The van der Waals surface area contributed by atoms with Gasteiger partial charge in [0, 0.05) is 48.7 Å². The molecule has 1 saturated heterocycles. The number of carbonyl (C=O) groups excluding carboxylic acids is 1. The summed E-state index contributed by atoms with van der Waals surface area (Å²) < 4.78 is 0. The molecule has 0 radical (unpaired) electrons. The number of fused-ring (bicyclic) bond motifs is 2. The predicted octanol–water partition coefficient (Wildman–Crippen LogP) is 6.73. The van der Waals surface area contributed by atoms with Crippen molar-refractivity contribution in [3.8, 4) is 0 Å². The van der Waals surface area contributed by atoms with Crippen molar-refractivity contribution in [2.75, 3.05) is 28.6 Å². The van der Waals surface area contributed by atoms with Gasteiger partial charge in [0.2, 0.25) is 0 Å². The number of amides is 2. The van der Waals surface area contributed by atoms with Crippen molar-refractivity contribution in [1.82, 2.24) is 15.2 Å². The molecule has 1 fully saturated rings. The monoisotopic (exact) mass is 586 g/mol. The van der Waals surface area contributed by atoms with E-state index in [1.165, 1.54) is 5.56 Å². The third-order valence-corrected chi connectivity index (χ3v) is 8.25. The van der Waals surface area contributed by atoms with Crippen molar-refractivity contribution >= 4 is 40.6 Å². The number of piperidine rings is 1. The number of benzene rings is 3. The number of aromatic nitrogens is 1. The van der Waals surface area contributed by atoms with Crippen LogP contribution in [-0.2, 0) is 13.0 Å². The molecular weight excluding hydrogens is 548 g/mol. The van der Waals surface area contributed by atoms with E-state index < -0.39 is 0 Å². The van der Waals surface area contributed by atoms with Gasteiger partial charge in [-0.15, -0.1) is 0 Å². The number of pyridine rings is 1. The molecule has 4 aromatic rings. The number of rotatable bonds is 7. The Hall–Kier alpha value is -5.02. The summed E-state index contributed by atoms with van der Waals surface area (Å²) in [5.41, 5.74) is 6.10. The first kappa shape index (κ1) is 29.1. The van der Waals surface area contributed by atoms with Gasteiger partial charge < -0.3 is 16.0 Å². The second-order valence-corrected chi connectivity index (χ2v) is 11.3. The lowest BCUT2D eigenvalue weighted by Crippen LogP contribution is -2.45. The maximum atomic E-state index is 12.7. The molecule has 9 nitrogen and oxygen atoms in total. The van der Waals surface area contributed by atoms with Crippen molar-refractivity contribution < 1.29 is 4.79 Å². The van der Waals surface area contributed by atoms with E-state index in [1.807, 2.05) is 66.7 Å². The highest BCUT2D eigenvalue weighted by Gasteiger charge is 2.28. The molecule has 44 heavy (non-hydrogen) atoms. The number of nitrogens with one attached hydrogen (secondary N) is 5. The van der Waals surface area contributed by atoms with Gasteiger partial charge in [-0.2, -0.15) is 0 Å². The molecule has 0 aliphatic carbocycles. The molecular formula is C35H38N8O. The molecule has 3 heterocycles. The largest absolute Gasteiger partial charge is 0.338 e. The highest BCUT2D eigenvalue weighted by molar-refractivity contribution is 6.30. The average molecular weight is 587 g/mol. The third-order valence-electron chi connectivity index (χ3n) is 8.25. The predicted molar refractivity (Wildman–Crippen MR) is 177 cm³/mol. The van der Waals surface area contributed by atoms with Crippen LogP contribution in [0.1, 0.15) is 48.4 Å². The molecule has 2 amide bonds. The van der Waals surface area contributed by atoms with E-state index in [0.29, 0.717) is 17.1 Å². The van der Waals surface area contributed by atoms with Crippen LogP contribution in [0.25, 0.3) is 0 Å². The quantitative estimate of drug-likeness (QED) is 0.121. The molecule has 0 atom stereocenters. The summed E-state index contributed by atoms with van der Waals surface area (Å²) >= 11 is 0. The van der Waals surface area contributed by atoms with E-state index in [4.69, 9.17) is 10.8 Å². The highest BCUT2D eigenvalue weighted by Crippen LogP contribution is 2.35. The van der Waals surface area contributed by atoms with Crippen LogP contribution >= 0.6 is 0 Å². The van der Waals surface area contributed by atoms with Gasteiger partial charge in [-0.05, 0) is 60.7 Å². The Balaban J connectivity index is 1.05. The van der Waals surface area contributed by atoms with Crippen LogP contribution in [0.15, 0.2) is 91.1 Å². The lowest BCUT2D eigenvalue weighted by atomic mass is 10.0. The zero-order valence-electron chi connectivity index (χ0n) is 24.9. The molecule has 0 spiro atoms. The maximum Gasteiger partial charge on any atom is 0.319 e. The fourth-order valence-corrected chi connectivity index (χ4v) is 5.94. The van der Waals surface area contributed by atoms with Crippen molar-refractivity contribution in [2.45, 2.75) is 45.2 Å². The zero-order valence-corrected chi connectivity index (χ0v) is 24.9. The minimum absolute atomic E-state index is 0.139. The number of likely N-dealkylation sites (tertiary alicyclic amines) is 1. The molecule has 1 aromatic heterocycles. The standard InChI is InChI=1S/C35H38N8O/c1-2-8-25-9-3-5-11-29(25)41-35(44)39-27-18-21-42(22-19-27)23-24-14-16-26(17-15-24)32(36)43-31-13-7-20-38-34(31)40-30-12-6-4-10-28(30)33(43)37/h3-7,9-17,20,27,36-37H,2,8,18-19,21-23H2,1H3,(H,38,40)(H2,39,41,44). The molecule has 6 rings (SSSR count). The van der Waals surface area contributed by atoms with E-state index in [0.717, 1.165) is 67.8 Å². The van der Waals surface area contributed by atoms with Crippen molar-refractivity contribution in [3.63, 3.8) is 0 Å². The second kappa shape index (κ2) is 13.1. The number of para-hydroxylation sites is 2. The van der Waals surface area contributed by atoms with Crippen LogP contribution in [0, 0.1) is 10.8 Å². The van der Waals surface area contributed by atoms with E-state index in [2.05, 4.69) is 51.0 Å². The summed E-state index contributed by atoms with van der Waals surface area (Å²) in [7, 11) is 0. The van der Waals surface area contributed by atoms with Crippen LogP contribution in [0.2, 0.25) is 0 Å². The van der Waals surface area contributed by atoms with Crippen LogP contribution in [0.5, 0.6) is 0 Å². The van der Waals surface area contributed by atoms with E-state index in [9.17, 15) is 4.79 Å². The van der Waals surface area contributed by atoms with Crippen LogP contribution < -0.4 is 20.9 Å². The Kier molecular flexibility index (Phi) is 8.65. The van der Waals surface area contributed by atoms with Gasteiger partial charge in [0.05, 0.1) is 11.4 Å². The molecule has 5 N–H and O–H groups in total. The lowest BCUT2D eigenvalue weighted by molar-refractivity contribution is 0.190. The third kappa shape index (κ3) is 6.33. The summed E-state index contributed by atoms with van der Waals surface area (Å²) in [5.74, 6) is 1.06. The normalized spacial score (nSPS) is 15.0. The minimum atomic E-state index is -0.139. The first-order chi connectivity index (χ1) is 21.5. The Morgan fingerprint density at radius 2 is 1.73 bits per heavy atom. The summed E-state index contributed by atoms with van der Waals surface area (Å²) in [6.45, 7) is 4.74. The number of nitrogens with zero attached hydrogens (tertiary/aromatic N) is 3. The minimum Gasteiger partial charge on any atom is -0.338 e. The average Bonchev–Trinajstić information content (AvgIpc) is 3.17. The lowest BCUT2D eigenvalue weighted by Gasteiger charge is -2.32. The summed E-state index contributed by atoms with van der Waals surface area (Å²) in [6.07, 6.45) is 5.48. The molecule has 0 bridgehead atoms. The first-order valence-electron chi connectivity index (χ1n) is 15.3. The van der Waals surface area contributed by atoms with Crippen molar-refractivity contribution in [1.29, 1.82) is 10.8 Å². The van der Waals surface area contributed by atoms with Crippen LogP contribution in [0.3, 0.4) is 0 Å². The summed E-state index contributed by atoms with van der Waals surface area (Å²) in [6, 6.07) is 27.4. The molecule has 2 aliphatic rings. The van der Waals surface area contributed by atoms with E-state index in [1.54, 1.807) is 11.1 Å². The van der Waals surface area contributed by atoms with Gasteiger partial charge in [0.1, 0.15) is 11.7 Å².